The monoisotopic (exact) mass is 385 g/mol. The largest absolute Gasteiger partial charge is 0.393 e. The van der Waals surface area contributed by atoms with E-state index in [9.17, 15) is 8.42 Å². The van der Waals surface area contributed by atoms with E-state index < -0.39 is 15.1 Å². The van der Waals surface area contributed by atoms with Crippen LogP contribution in [0.2, 0.25) is 10.0 Å². The minimum absolute atomic E-state index is 0.206. The first-order valence-electron chi connectivity index (χ1n) is 6.86. The molecule has 3 atom stereocenters. The summed E-state index contributed by atoms with van der Waals surface area (Å²) in [5, 5.41) is 0.371. The molecule has 1 fully saturated rings. The third-order valence-corrected chi connectivity index (χ3v) is 7.01. The smallest absolute Gasteiger partial charge is 0.182 e. The summed E-state index contributed by atoms with van der Waals surface area (Å²) < 4.78 is 25.8. The Labute approximate surface area is 150 Å². The highest BCUT2D eigenvalue weighted by Gasteiger charge is 2.60. The maximum Gasteiger partial charge on any atom is 0.182 e. The number of thiocarbonyl (C=S) groups is 1. The van der Waals surface area contributed by atoms with Crippen molar-refractivity contribution in [2.75, 3.05) is 0 Å². The van der Waals surface area contributed by atoms with E-state index in [1.807, 2.05) is 6.07 Å². The third kappa shape index (κ3) is 3.11. The van der Waals surface area contributed by atoms with Gasteiger partial charge in [0.2, 0.25) is 0 Å². The van der Waals surface area contributed by atoms with Crippen LogP contribution in [0.1, 0.15) is 11.5 Å². The summed E-state index contributed by atoms with van der Waals surface area (Å²) in [6.45, 7) is 0. The van der Waals surface area contributed by atoms with Crippen molar-refractivity contribution >= 4 is 50.2 Å². The first-order chi connectivity index (χ1) is 10.8. The highest BCUT2D eigenvalue weighted by molar-refractivity contribution is 7.92. The summed E-state index contributed by atoms with van der Waals surface area (Å²) in [6.07, 6.45) is 0. The summed E-state index contributed by atoms with van der Waals surface area (Å²) in [4.78, 5) is 0.426. The molecule has 3 nitrogen and oxygen atoms in total. The molecule has 0 radical (unpaired) electrons. The van der Waals surface area contributed by atoms with Gasteiger partial charge >= 0.3 is 0 Å². The van der Waals surface area contributed by atoms with Crippen LogP contribution in [0.5, 0.6) is 0 Å². The first-order valence-corrected chi connectivity index (χ1v) is 9.57. The van der Waals surface area contributed by atoms with Gasteiger partial charge in [-0.3, -0.25) is 0 Å². The van der Waals surface area contributed by atoms with Crippen LogP contribution in [-0.2, 0) is 9.84 Å². The Kier molecular flexibility index (Phi) is 4.40. The van der Waals surface area contributed by atoms with Gasteiger partial charge in [0.05, 0.1) is 15.1 Å². The van der Waals surface area contributed by atoms with Crippen LogP contribution in [0.4, 0.5) is 0 Å². The number of benzene rings is 2. The van der Waals surface area contributed by atoms with E-state index in [0.29, 0.717) is 10.0 Å². The van der Waals surface area contributed by atoms with Crippen LogP contribution in [0, 0.1) is 5.92 Å². The van der Waals surface area contributed by atoms with Gasteiger partial charge in [-0.05, 0) is 42.0 Å². The molecular formula is C16H13Cl2NO2S2. The van der Waals surface area contributed by atoms with Gasteiger partial charge in [0.15, 0.2) is 9.84 Å². The molecule has 2 aromatic carbocycles. The number of halogens is 2. The summed E-state index contributed by atoms with van der Waals surface area (Å²) in [5.41, 5.74) is 6.60. The van der Waals surface area contributed by atoms with Gasteiger partial charge in [-0.2, -0.15) is 0 Å². The Morgan fingerprint density at radius 3 is 2.26 bits per heavy atom. The fourth-order valence-electron chi connectivity index (χ4n) is 2.90. The van der Waals surface area contributed by atoms with Crippen molar-refractivity contribution in [3.8, 4) is 0 Å². The maximum atomic E-state index is 12.9. The molecule has 3 rings (SSSR count). The summed E-state index contributed by atoms with van der Waals surface area (Å²) in [7, 11) is -3.56. The molecule has 0 aromatic heterocycles. The van der Waals surface area contributed by atoms with Crippen LogP contribution in [0.25, 0.3) is 0 Å². The van der Waals surface area contributed by atoms with Crippen molar-refractivity contribution in [2.24, 2.45) is 11.7 Å². The van der Waals surface area contributed by atoms with Crippen LogP contribution in [0.3, 0.4) is 0 Å². The normalized spacial score (nSPS) is 23.5. The van der Waals surface area contributed by atoms with Crippen LogP contribution < -0.4 is 5.73 Å². The van der Waals surface area contributed by atoms with E-state index >= 15 is 0 Å². The topological polar surface area (TPSA) is 60.2 Å². The lowest BCUT2D eigenvalue weighted by Crippen LogP contribution is -2.17. The van der Waals surface area contributed by atoms with E-state index in [2.05, 4.69) is 0 Å². The summed E-state index contributed by atoms with van der Waals surface area (Å²) >= 11 is 16.9. The molecule has 2 aromatic rings. The van der Waals surface area contributed by atoms with E-state index in [4.69, 9.17) is 41.2 Å². The van der Waals surface area contributed by atoms with Gasteiger partial charge in [-0.1, -0.05) is 47.6 Å². The van der Waals surface area contributed by atoms with E-state index in [1.165, 1.54) is 12.1 Å². The Hall–Kier alpha value is -1.14. The lowest BCUT2D eigenvalue weighted by Gasteiger charge is -2.05. The molecule has 0 heterocycles. The predicted molar refractivity (Wildman–Crippen MR) is 96.9 cm³/mol. The molecule has 0 spiro atoms. The molecule has 120 valence electrons. The zero-order valence-corrected chi connectivity index (χ0v) is 15.0. The Balaban J connectivity index is 2.00. The second-order valence-electron chi connectivity index (χ2n) is 5.47. The predicted octanol–water partition coefficient (Wildman–Crippen LogP) is 3.84. The number of hydrogen-bond donors (Lipinski definition) is 1. The molecular weight excluding hydrogens is 373 g/mol. The van der Waals surface area contributed by atoms with E-state index in [0.717, 1.165) is 5.56 Å². The van der Waals surface area contributed by atoms with Gasteiger partial charge in [0, 0.05) is 21.9 Å². The van der Waals surface area contributed by atoms with E-state index in [1.54, 1.807) is 30.3 Å². The minimum atomic E-state index is -3.56. The van der Waals surface area contributed by atoms with Gasteiger partial charge in [-0.25, -0.2) is 8.42 Å². The maximum absolute atomic E-state index is 12.9. The van der Waals surface area contributed by atoms with Gasteiger partial charge in [0.1, 0.15) is 0 Å². The Morgan fingerprint density at radius 1 is 1.04 bits per heavy atom. The van der Waals surface area contributed by atoms with Crippen LogP contribution in [-0.4, -0.2) is 18.7 Å². The second kappa shape index (κ2) is 6.06. The van der Waals surface area contributed by atoms with Crippen molar-refractivity contribution in [3.63, 3.8) is 0 Å². The van der Waals surface area contributed by atoms with Crippen molar-refractivity contribution in [1.29, 1.82) is 0 Å². The molecule has 0 unspecified atom stereocenters. The molecule has 0 amide bonds. The number of nitrogens with two attached hydrogens (primary N) is 1. The average molecular weight is 386 g/mol. The molecule has 1 aliphatic rings. The highest BCUT2D eigenvalue weighted by atomic mass is 35.5. The molecule has 7 heteroatoms. The lowest BCUT2D eigenvalue weighted by molar-refractivity contribution is 0.593. The fourth-order valence-corrected chi connectivity index (χ4v) is 5.76. The molecule has 1 aliphatic carbocycles. The fraction of sp³-hybridized carbons (Fsp3) is 0.188. The second-order valence-corrected chi connectivity index (χ2v) is 8.92. The quantitative estimate of drug-likeness (QED) is 0.812. The van der Waals surface area contributed by atoms with Crippen LogP contribution in [0.15, 0.2) is 53.4 Å². The first kappa shape index (κ1) is 16.7. The van der Waals surface area contributed by atoms with E-state index in [-0.39, 0.29) is 21.7 Å². The van der Waals surface area contributed by atoms with Gasteiger partial charge in [-0.15, -0.1) is 0 Å². The Morgan fingerprint density at radius 2 is 1.70 bits per heavy atom. The average Bonchev–Trinajstić information content (AvgIpc) is 3.24. The zero-order valence-electron chi connectivity index (χ0n) is 11.8. The highest BCUT2D eigenvalue weighted by Crippen LogP contribution is 2.54. The van der Waals surface area contributed by atoms with Crippen molar-refractivity contribution in [1.82, 2.24) is 0 Å². The molecule has 23 heavy (non-hydrogen) atoms. The molecule has 0 saturated heterocycles. The summed E-state index contributed by atoms with van der Waals surface area (Å²) in [5.74, 6) is -0.656. The molecule has 0 bridgehead atoms. The van der Waals surface area contributed by atoms with Crippen molar-refractivity contribution in [2.45, 2.75) is 16.1 Å². The zero-order chi connectivity index (χ0) is 16.8. The minimum Gasteiger partial charge on any atom is -0.393 e. The number of hydrogen-bond acceptors (Lipinski definition) is 3. The molecule has 2 N–H and O–H groups in total. The SMILES string of the molecule is NC(=S)[C@H]1[C@@H](c2cccc(Cl)c2)[C@@H]1S(=O)(=O)c1ccc(Cl)cc1. The molecule has 0 aliphatic heterocycles. The van der Waals surface area contributed by atoms with Crippen molar-refractivity contribution < 1.29 is 8.42 Å². The van der Waals surface area contributed by atoms with Gasteiger partial charge < -0.3 is 5.73 Å². The number of sulfone groups is 1. The molecule has 1 saturated carbocycles. The van der Waals surface area contributed by atoms with Crippen LogP contribution >= 0.6 is 35.4 Å². The van der Waals surface area contributed by atoms with Gasteiger partial charge in [0.25, 0.3) is 0 Å². The van der Waals surface area contributed by atoms with Crippen molar-refractivity contribution in [3.05, 3.63) is 64.1 Å². The summed E-state index contributed by atoms with van der Waals surface area (Å²) in [6, 6.07) is 13.3. The lowest BCUT2D eigenvalue weighted by atomic mass is 10.1. The Bertz CT molecular complexity index is 866. The standard InChI is InChI=1S/C16H13Cl2NO2S2/c17-10-4-6-12(7-5-10)23(20,21)15-13(14(15)16(19)22)9-2-1-3-11(18)8-9/h1-8,13-15H,(H2,19,22)/t13-,14+,15+/m1/s1. The third-order valence-electron chi connectivity index (χ3n) is 4.02. The number of rotatable bonds is 4.